The Labute approximate surface area is 217 Å². The normalized spacial score (nSPS) is 14.3. The molecule has 0 aliphatic heterocycles. The number of rotatable bonds is 9. The van der Waals surface area contributed by atoms with Crippen molar-refractivity contribution in [3.63, 3.8) is 0 Å². The van der Waals surface area contributed by atoms with Crippen LogP contribution in [0.1, 0.15) is 63.4 Å². The Balaban J connectivity index is 1.51. The van der Waals surface area contributed by atoms with Crippen LogP contribution in [-0.4, -0.2) is 32.5 Å². The van der Waals surface area contributed by atoms with Crippen molar-refractivity contribution < 1.29 is 9.53 Å². The smallest absolute Gasteiger partial charge is 0.237 e. The third-order valence-corrected chi connectivity index (χ3v) is 7.48. The minimum absolute atomic E-state index is 0.0592. The van der Waals surface area contributed by atoms with E-state index in [-0.39, 0.29) is 11.9 Å². The average Bonchev–Trinajstić information content (AvgIpc) is 3.26. The molecule has 1 amide bonds. The molecular weight excluding hydrogens is 480 g/mol. The molecule has 0 atom stereocenters. The number of aryl methyl sites for hydroxylation is 1. The summed E-state index contributed by atoms with van der Waals surface area (Å²) in [7, 11) is 0. The molecule has 6 nitrogen and oxygen atoms in total. The minimum Gasteiger partial charge on any atom is -0.485 e. The molecule has 0 spiro atoms. The Morgan fingerprint density at radius 3 is 2.57 bits per heavy atom. The first-order valence-electron chi connectivity index (χ1n) is 12.3. The molecule has 2 aromatic carbocycles. The van der Waals surface area contributed by atoms with Gasteiger partial charge in [-0.05, 0) is 69.5 Å². The molecule has 0 saturated heterocycles. The number of carbonyl (C=O) groups is 1. The van der Waals surface area contributed by atoms with Crippen molar-refractivity contribution in [1.29, 1.82) is 0 Å². The summed E-state index contributed by atoms with van der Waals surface area (Å²) < 4.78 is 8.32. The molecule has 1 aliphatic carbocycles. The van der Waals surface area contributed by atoms with Crippen molar-refractivity contribution in [1.82, 2.24) is 14.8 Å². The highest BCUT2D eigenvalue weighted by Crippen LogP contribution is 2.33. The van der Waals surface area contributed by atoms with E-state index in [4.69, 9.17) is 16.3 Å². The lowest BCUT2D eigenvalue weighted by molar-refractivity contribution is -0.116. The van der Waals surface area contributed by atoms with E-state index in [0.29, 0.717) is 23.4 Å². The van der Waals surface area contributed by atoms with Gasteiger partial charge in [0.25, 0.3) is 0 Å². The van der Waals surface area contributed by atoms with E-state index in [1.165, 1.54) is 31.0 Å². The molecule has 0 N–H and O–H groups in total. The van der Waals surface area contributed by atoms with Gasteiger partial charge in [0.15, 0.2) is 11.0 Å². The van der Waals surface area contributed by atoms with E-state index >= 15 is 0 Å². The van der Waals surface area contributed by atoms with Gasteiger partial charge in [-0.1, -0.05) is 60.8 Å². The van der Waals surface area contributed by atoms with Gasteiger partial charge >= 0.3 is 0 Å². The second kappa shape index (κ2) is 12.0. The Kier molecular flexibility index (Phi) is 8.74. The fourth-order valence-electron chi connectivity index (χ4n) is 4.64. The fraction of sp³-hybridized carbons (Fsp3) is 0.444. The van der Waals surface area contributed by atoms with Gasteiger partial charge in [0.05, 0.1) is 5.75 Å². The molecule has 35 heavy (non-hydrogen) atoms. The first kappa shape index (κ1) is 25.6. The van der Waals surface area contributed by atoms with Crippen molar-refractivity contribution in [2.24, 2.45) is 0 Å². The van der Waals surface area contributed by atoms with Gasteiger partial charge in [-0.15, -0.1) is 10.2 Å². The molecule has 1 aliphatic rings. The van der Waals surface area contributed by atoms with Crippen LogP contribution in [0.4, 0.5) is 5.69 Å². The number of benzene rings is 2. The summed E-state index contributed by atoms with van der Waals surface area (Å²) in [5, 5.41) is 10.5. The molecular formula is C27H33ClN4O2S. The number of thioether (sulfide) groups is 1. The van der Waals surface area contributed by atoms with Gasteiger partial charge in [-0.2, -0.15) is 0 Å². The van der Waals surface area contributed by atoms with Crippen LogP contribution in [-0.2, 0) is 11.4 Å². The van der Waals surface area contributed by atoms with Crippen LogP contribution >= 0.6 is 23.4 Å². The topological polar surface area (TPSA) is 60.3 Å². The number of hydrogen-bond acceptors (Lipinski definition) is 5. The highest BCUT2D eigenvalue weighted by atomic mass is 35.5. The largest absolute Gasteiger partial charge is 0.485 e. The van der Waals surface area contributed by atoms with E-state index < -0.39 is 0 Å². The molecule has 1 heterocycles. The number of amides is 1. The third-order valence-electron chi connectivity index (χ3n) is 6.31. The lowest BCUT2D eigenvalue weighted by Crippen LogP contribution is -2.38. The molecule has 4 rings (SSSR count). The SMILES string of the molecule is Cc1cc(Cl)ccc1OCc1nnc(SCC(=O)N(c2ccccc2)C(C)C)n1C1CCCCC1. The van der Waals surface area contributed by atoms with Gasteiger partial charge in [0.1, 0.15) is 12.4 Å². The zero-order valence-corrected chi connectivity index (χ0v) is 22.2. The summed E-state index contributed by atoms with van der Waals surface area (Å²) in [6, 6.07) is 15.8. The molecule has 0 bridgehead atoms. The van der Waals surface area contributed by atoms with Crippen LogP contribution in [0.5, 0.6) is 5.75 Å². The van der Waals surface area contributed by atoms with Crippen molar-refractivity contribution >= 4 is 35.0 Å². The summed E-state index contributed by atoms with van der Waals surface area (Å²) in [6.07, 6.45) is 5.83. The summed E-state index contributed by atoms with van der Waals surface area (Å²) in [4.78, 5) is 15.1. The highest BCUT2D eigenvalue weighted by Gasteiger charge is 2.25. The first-order valence-corrected chi connectivity index (χ1v) is 13.6. The van der Waals surface area contributed by atoms with E-state index in [0.717, 1.165) is 40.8 Å². The van der Waals surface area contributed by atoms with Gasteiger partial charge in [0, 0.05) is 22.8 Å². The first-order chi connectivity index (χ1) is 16.9. The lowest BCUT2D eigenvalue weighted by atomic mass is 9.95. The van der Waals surface area contributed by atoms with Crippen LogP contribution in [0, 0.1) is 6.92 Å². The summed E-state index contributed by atoms with van der Waals surface area (Å²) in [5.41, 5.74) is 1.89. The van der Waals surface area contributed by atoms with Crippen molar-refractivity contribution in [3.05, 3.63) is 64.9 Å². The number of para-hydroxylation sites is 1. The molecule has 1 aromatic heterocycles. The molecule has 0 unspecified atom stereocenters. The van der Waals surface area contributed by atoms with Gasteiger partial charge in [0.2, 0.25) is 5.91 Å². The molecule has 1 saturated carbocycles. The second-order valence-corrected chi connectivity index (χ2v) is 10.6. The average molecular weight is 513 g/mol. The van der Waals surface area contributed by atoms with E-state index in [1.54, 1.807) is 0 Å². The van der Waals surface area contributed by atoms with Crippen molar-refractivity contribution in [2.75, 3.05) is 10.7 Å². The quantitative estimate of drug-likeness (QED) is 0.293. The van der Waals surface area contributed by atoms with Gasteiger partial charge < -0.3 is 9.64 Å². The van der Waals surface area contributed by atoms with Crippen molar-refractivity contribution in [2.45, 2.75) is 76.7 Å². The summed E-state index contributed by atoms with van der Waals surface area (Å²) in [6.45, 7) is 6.37. The van der Waals surface area contributed by atoms with E-state index in [2.05, 4.69) is 14.8 Å². The van der Waals surface area contributed by atoms with Crippen LogP contribution < -0.4 is 9.64 Å². The van der Waals surface area contributed by atoms with Crippen LogP contribution in [0.15, 0.2) is 53.7 Å². The second-order valence-electron chi connectivity index (χ2n) is 9.24. The standard InChI is InChI=1S/C27H33ClN4O2S/c1-19(2)31(22-10-6-4-7-11-22)26(33)18-35-27-30-29-25(32(27)23-12-8-5-9-13-23)17-34-24-15-14-21(28)16-20(24)3/h4,6-7,10-11,14-16,19,23H,5,8-9,12-13,17-18H2,1-3H3. The number of carbonyl (C=O) groups excluding carboxylic acids is 1. The van der Waals surface area contributed by atoms with Crippen LogP contribution in [0.25, 0.3) is 0 Å². The maximum Gasteiger partial charge on any atom is 0.237 e. The lowest BCUT2D eigenvalue weighted by Gasteiger charge is -2.27. The molecule has 3 aromatic rings. The van der Waals surface area contributed by atoms with E-state index in [9.17, 15) is 4.79 Å². The van der Waals surface area contributed by atoms with Crippen molar-refractivity contribution in [3.8, 4) is 5.75 Å². The number of nitrogens with zero attached hydrogens (tertiary/aromatic N) is 4. The Morgan fingerprint density at radius 1 is 1.14 bits per heavy atom. The Bertz CT molecular complexity index is 1130. The Hall–Kier alpha value is -2.51. The summed E-state index contributed by atoms with van der Waals surface area (Å²) in [5.74, 6) is 1.94. The predicted molar refractivity (Wildman–Crippen MR) is 142 cm³/mol. The van der Waals surface area contributed by atoms with Gasteiger partial charge in [-0.3, -0.25) is 9.36 Å². The number of ether oxygens (including phenoxy) is 1. The van der Waals surface area contributed by atoms with Gasteiger partial charge in [-0.25, -0.2) is 0 Å². The van der Waals surface area contributed by atoms with Crippen LogP contribution in [0.3, 0.4) is 0 Å². The number of aromatic nitrogens is 3. The monoisotopic (exact) mass is 512 g/mol. The maximum absolute atomic E-state index is 13.2. The zero-order valence-electron chi connectivity index (χ0n) is 20.6. The fourth-order valence-corrected chi connectivity index (χ4v) is 5.75. The number of anilines is 1. The summed E-state index contributed by atoms with van der Waals surface area (Å²) >= 11 is 7.55. The molecule has 1 fully saturated rings. The van der Waals surface area contributed by atoms with E-state index in [1.807, 2.05) is 74.2 Å². The highest BCUT2D eigenvalue weighted by molar-refractivity contribution is 7.99. The number of hydrogen-bond donors (Lipinski definition) is 0. The Morgan fingerprint density at radius 2 is 1.89 bits per heavy atom. The number of halogens is 1. The molecule has 0 radical (unpaired) electrons. The zero-order chi connectivity index (χ0) is 24.8. The maximum atomic E-state index is 13.2. The van der Waals surface area contributed by atoms with Crippen LogP contribution in [0.2, 0.25) is 5.02 Å². The molecule has 8 heteroatoms. The minimum atomic E-state index is 0.0592. The molecule has 186 valence electrons. The third kappa shape index (κ3) is 6.39. The predicted octanol–water partition coefficient (Wildman–Crippen LogP) is 6.86.